The van der Waals surface area contributed by atoms with Gasteiger partial charge in [0.1, 0.15) is 38.3 Å². The maximum absolute atomic E-state index is 13.2. The molecule has 1 rings (SSSR count). The van der Waals surface area contributed by atoms with Crippen molar-refractivity contribution in [1.82, 2.24) is 0 Å². The summed E-state index contributed by atoms with van der Waals surface area (Å²) in [5, 5.41) is 0. The quantitative estimate of drug-likeness (QED) is 0.120. The van der Waals surface area contributed by atoms with Crippen LogP contribution in [0.25, 0.3) is 0 Å². The lowest BCUT2D eigenvalue weighted by Gasteiger charge is -2.41. The number of rotatable bonds is 15. The molecule has 11 nitrogen and oxygen atoms in total. The van der Waals surface area contributed by atoms with E-state index in [-0.39, 0.29) is 56.0 Å². The highest BCUT2D eigenvalue weighted by Crippen LogP contribution is 2.39. The van der Waals surface area contributed by atoms with Crippen LogP contribution in [0.5, 0.6) is 0 Å². The Balaban J connectivity index is 3.65. The van der Waals surface area contributed by atoms with Gasteiger partial charge < -0.3 is 28.4 Å². The standard InChI is InChI=1S/C21H32O11S4/c1-2-3-27-17(22)12-13(18(23)28-4-8-33)15(20(25)30-6-10-35)32-16(21(26)31-7-11-36)14(12)19(24)29-5-9-34/h12-16,33-36H,2-11H2,1H3. The lowest BCUT2D eigenvalue weighted by Crippen LogP contribution is -2.61. The van der Waals surface area contributed by atoms with Crippen molar-refractivity contribution in [3.05, 3.63) is 0 Å². The number of carbonyl (C=O) groups is 5. The Morgan fingerprint density at radius 1 is 0.528 bits per heavy atom. The first-order chi connectivity index (χ1) is 17.3. The number of hydrogen-bond donors (Lipinski definition) is 4. The van der Waals surface area contributed by atoms with Crippen LogP contribution < -0.4 is 0 Å². The largest absolute Gasteiger partial charge is 0.465 e. The summed E-state index contributed by atoms with van der Waals surface area (Å²) in [7, 11) is 0. The van der Waals surface area contributed by atoms with Crippen molar-refractivity contribution < 1.29 is 52.4 Å². The van der Waals surface area contributed by atoms with Gasteiger partial charge in [0.15, 0.2) is 12.2 Å². The third-order valence-corrected chi connectivity index (χ3v) is 5.52. The molecule has 0 spiro atoms. The third kappa shape index (κ3) is 9.54. The molecule has 0 amide bonds. The minimum atomic E-state index is -1.79. The molecule has 36 heavy (non-hydrogen) atoms. The van der Waals surface area contributed by atoms with E-state index in [1.807, 2.05) is 0 Å². The summed E-state index contributed by atoms with van der Waals surface area (Å²) in [6, 6.07) is 0. The Kier molecular flexibility index (Phi) is 16.4. The van der Waals surface area contributed by atoms with Crippen LogP contribution in [0.15, 0.2) is 0 Å². The van der Waals surface area contributed by atoms with Crippen LogP contribution in [0, 0.1) is 17.8 Å². The lowest BCUT2D eigenvalue weighted by atomic mass is 9.73. The Morgan fingerprint density at radius 2 is 0.833 bits per heavy atom. The second-order valence-electron chi connectivity index (χ2n) is 7.29. The van der Waals surface area contributed by atoms with Gasteiger partial charge in [-0.05, 0) is 6.42 Å². The Hall–Kier alpha value is -1.29. The van der Waals surface area contributed by atoms with Crippen molar-refractivity contribution >= 4 is 80.4 Å². The molecule has 0 aromatic carbocycles. The molecule has 206 valence electrons. The average molecular weight is 589 g/mol. The molecular formula is C21H32O11S4. The molecule has 4 atom stereocenters. The number of hydrogen-bond acceptors (Lipinski definition) is 15. The highest BCUT2D eigenvalue weighted by molar-refractivity contribution is 7.80. The van der Waals surface area contributed by atoms with E-state index in [1.54, 1.807) is 6.92 Å². The molecule has 0 saturated carbocycles. The van der Waals surface area contributed by atoms with Crippen molar-refractivity contribution in [3.63, 3.8) is 0 Å². The molecular weight excluding hydrogens is 556 g/mol. The van der Waals surface area contributed by atoms with Gasteiger partial charge in [0.25, 0.3) is 0 Å². The van der Waals surface area contributed by atoms with E-state index >= 15 is 0 Å². The smallest absolute Gasteiger partial charge is 0.336 e. The Bertz CT molecular complexity index is 701. The second-order valence-corrected chi connectivity index (χ2v) is 9.08. The highest BCUT2D eigenvalue weighted by Gasteiger charge is 2.61. The molecule has 1 saturated heterocycles. The van der Waals surface area contributed by atoms with Crippen molar-refractivity contribution in [2.75, 3.05) is 56.0 Å². The zero-order valence-corrected chi connectivity index (χ0v) is 23.3. The molecule has 4 unspecified atom stereocenters. The van der Waals surface area contributed by atoms with Gasteiger partial charge in [-0.25, -0.2) is 9.59 Å². The topological polar surface area (TPSA) is 141 Å². The van der Waals surface area contributed by atoms with Crippen molar-refractivity contribution in [3.8, 4) is 0 Å². The fourth-order valence-corrected chi connectivity index (χ4v) is 3.77. The monoisotopic (exact) mass is 588 g/mol. The Morgan fingerprint density at radius 3 is 1.17 bits per heavy atom. The van der Waals surface area contributed by atoms with Gasteiger partial charge in [0, 0.05) is 23.0 Å². The van der Waals surface area contributed by atoms with Crippen LogP contribution in [-0.2, 0) is 52.4 Å². The first-order valence-electron chi connectivity index (χ1n) is 11.2. The number of esters is 5. The summed E-state index contributed by atoms with van der Waals surface area (Å²) < 4.78 is 31.4. The van der Waals surface area contributed by atoms with E-state index in [2.05, 4.69) is 50.5 Å². The first-order valence-corrected chi connectivity index (χ1v) is 13.7. The van der Waals surface area contributed by atoms with Crippen molar-refractivity contribution in [2.24, 2.45) is 17.8 Å². The van der Waals surface area contributed by atoms with Gasteiger partial charge in [-0.2, -0.15) is 50.5 Å². The summed E-state index contributed by atoms with van der Waals surface area (Å²) in [4.78, 5) is 65.3. The summed E-state index contributed by atoms with van der Waals surface area (Å²) in [5.41, 5.74) is 0. The van der Waals surface area contributed by atoms with Gasteiger partial charge in [-0.15, -0.1) is 0 Å². The molecule has 0 aliphatic carbocycles. The van der Waals surface area contributed by atoms with Crippen molar-refractivity contribution in [2.45, 2.75) is 25.6 Å². The minimum Gasteiger partial charge on any atom is -0.465 e. The van der Waals surface area contributed by atoms with E-state index in [1.165, 1.54) is 0 Å². The summed E-state index contributed by atoms with van der Waals surface area (Å²) >= 11 is 15.9. The highest BCUT2D eigenvalue weighted by atomic mass is 32.1. The summed E-state index contributed by atoms with van der Waals surface area (Å²) in [5.74, 6) is -9.67. The van der Waals surface area contributed by atoms with E-state index in [0.29, 0.717) is 6.42 Å². The molecule has 0 bridgehead atoms. The maximum Gasteiger partial charge on any atom is 0.336 e. The predicted molar refractivity (Wildman–Crippen MR) is 140 cm³/mol. The molecule has 1 aliphatic heterocycles. The van der Waals surface area contributed by atoms with Gasteiger partial charge in [0.05, 0.1) is 12.5 Å². The van der Waals surface area contributed by atoms with Gasteiger partial charge >= 0.3 is 29.8 Å². The van der Waals surface area contributed by atoms with Gasteiger partial charge in [-0.3, -0.25) is 14.4 Å². The molecule has 1 heterocycles. The van der Waals surface area contributed by atoms with Gasteiger partial charge in [0.2, 0.25) is 0 Å². The Labute approximate surface area is 231 Å². The van der Waals surface area contributed by atoms with Crippen molar-refractivity contribution in [1.29, 1.82) is 0 Å². The van der Waals surface area contributed by atoms with Crippen LogP contribution in [0.2, 0.25) is 0 Å². The van der Waals surface area contributed by atoms with E-state index < -0.39 is 59.8 Å². The fraction of sp³-hybridized carbons (Fsp3) is 0.762. The van der Waals surface area contributed by atoms with Crippen LogP contribution in [-0.4, -0.2) is 98.1 Å². The molecule has 1 fully saturated rings. The number of carbonyl (C=O) groups excluding carboxylic acids is 5. The summed E-state index contributed by atoms with van der Waals surface area (Å²) in [6.45, 7) is 1.09. The predicted octanol–water partition coefficient (Wildman–Crippen LogP) is 0.448. The van der Waals surface area contributed by atoms with E-state index in [4.69, 9.17) is 28.4 Å². The molecule has 1 aliphatic rings. The fourth-order valence-electron chi connectivity index (χ4n) is 3.41. The third-order valence-electron chi connectivity index (χ3n) is 4.79. The normalized spacial score (nSPS) is 23.3. The molecule has 0 N–H and O–H groups in total. The number of ether oxygens (including phenoxy) is 6. The average Bonchev–Trinajstić information content (AvgIpc) is 2.89. The van der Waals surface area contributed by atoms with Crippen LogP contribution in [0.1, 0.15) is 13.3 Å². The van der Waals surface area contributed by atoms with E-state index in [0.717, 1.165) is 0 Å². The van der Waals surface area contributed by atoms with Crippen LogP contribution in [0.3, 0.4) is 0 Å². The summed E-state index contributed by atoms with van der Waals surface area (Å²) in [6.07, 6.45) is -3.16. The van der Waals surface area contributed by atoms with Crippen LogP contribution >= 0.6 is 50.5 Å². The molecule has 0 aromatic rings. The molecule has 0 aromatic heterocycles. The zero-order valence-electron chi connectivity index (χ0n) is 19.7. The second kappa shape index (κ2) is 18.0. The maximum atomic E-state index is 13.2. The zero-order chi connectivity index (χ0) is 27.1. The first kappa shape index (κ1) is 32.7. The minimum absolute atomic E-state index is 0.0451. The SMILES string of the molecule is CCCOC(=O)C1C(C(=O)OCCS)C(C(=O)OCCS)OC(C(=O)OCCS)C1C(=O)OCCS. The molecule has 0 radical (unpaired) electrons. The van der Waals surface area contributed by atoms with E-state index in [9.17, 15) is 24.0 Å². The lowest BCUT2D eigenvalue weighted by molar-refractivity contribution is -0.217. The molecule has 15 heteroatoms. The number of thiol groups is 4. The van der Waals surface area contributed by atoms with Crippen LogP contribution in [0.4, 0.5) is 0 Å². The van der Waals surface area contributed by atoms with Gasteiger partial charge in [-0.1, -0.05) is 6.92 Å².